The maximum Gasteiger partial charge on any atom is 0.274 e. The van der Waals surface area contributed by atoms with Crippen LogP contribution in [0, 0.1) is 0 Å². The third-order valence-corrected chi connectivity index (χ3v) is 3.60. The zero-order valence-corrected chi connectivity index (χ0v) is 13.7. The Morgan fingerprint density at radius 3 is 2.65 bits per heavy atom. The highest BCUT2D eigenvalue weighted by Gasteiger charge is 2.15. The highest BCUT2D eigenvalue weighted by atomic mass is 35.5. The van der Waals surface area contributed by atoms with Crippen LogP contribution in [-0.4, -0.2) is 22.8 Å². The molecule has 0 radical (unpaired) electrons. The Bertz CT molecular complexity index is 718. The number of rotatable bonds is 5. The number of para-hydroxylation sites is 1. The second kappa shape index (κ2) is 7.74. The van der Waals surface area contributed by atoms with Gasteiger partial charge in [0.15, 0.2) is 0 Å². The summed E-state index contributed by atoms with van der Waals surface area (Å²) < 4.78 is 0. The van der Waals surface area contributed by atoms with Crippen molar-refractivity contribution in [2.75, 3.05) is 5.32 Å². The van der Waals surface area contributed by atoms with E-state index in [1.165, 1.54) is 12.3 Å². The van der Waals surface area contributed by atoms with Gasteiger partial charge in [0.25, 0.3) is 11.8 Å². The summed E-state index contributed by atoms with van der Waals surface area (Å²) in [5.41, 5.74) is 1.03. The molecule has 2 aromatic rings. The fraction of sp³-hybridized carbons (Fsp3) is 0.235. The summed E-state index contributed by atoms with van der Waals surface area (Å²) >= 11 is 5.86. The van der Waals surface area contributed by atoms with E-state index in [4.69, 9.17) is 11.6 Å². The fourth-order valence-corrected chi connectivity index (χ4v) is 2.07. The van der Waals surface area contributed by atoms with Crippen molar-refractivity contribution in [3.63, 3.8) is 0 Å². The number of halogens is 1. The molecule has 1 unspecified atom stereocenters. The molecule has 0 fully saturated rings. The minimum Gasteiger partial charge on any atom is -0.350 e. The Morgan fingerprint density at radius 1 is 1.22 bits per heavy atom. The lowest BCUT2D eigenvalue weighted by molar-refractivity contribution is 0.0940. The van der Waals surface area contributed by atoms with Crippen molar-refractivity contribution in [1.82, 2.24) is 10.3 Å². The molecular weight excluding hydrogens is 314 g/mol. The molecule has 120 valence electrons. The zero-order chi connectivity index (χ0) is 16.8. The van der Waals surface area contributed by atoms with Gasteiger partial charge in [-0.1, -0.05) is 30.7 Å². The van der Waals surface area contributed by atoms with Crippen LogP contribution in [0.5, 0.6) is 0 Å². The monoisotopic (exact) mass is 331 g/mol. The number of amides is 2. The molecule has 5 nitrogen and oxygen atoms in total. The molecular formula is C17H18ClN3O2. The Kier molecular flexibility index (Phi) is 5.71. The smallest absolute Gasteiger partial charge is 0.274 e. The van der Waals surface area contributed by atoms with Crippen LogP contribution in [0.25, 0.3) is 0 Å². The molecule has 2 N–H and O–H groups in total. The minimum absolute atomic E-state index is 0.0563. The van der Waals surface area contributed by atoms with E-state index in [2.05, 4.69) is 15.6 Å². The second-order valence-corrected chi connectivity index (χ2v) is 5.58. The SMILES string of the molecule is CCC(C)NC(=O)c1ccccc1NC(=O)c1cc(Cl)ccn1. The van der Waals surface area contributed by atoms with Gasteiger partial charge in [-0.05, 0) is 37.6 Å². The third-order valence-electron chi connectivity index (χ3n) is 3.36. The number of nitrogens with one attached hydrogen (secondary N) is 2. The van der Waals surface area contributed by atoms with Crippen molar-refractivity contribution in [2.24, 2.45) is 0 Å². The van der Waals surface area contributed by atoms with Crippen molar-refractivity contribution in [3.8, 4) is 0 Å². The molecule has 0 aliphatic rings. The van der Waals surface area contributed by atoms with E-state index in [0.717, 1.165) is 6.42 Å². The van der Waals surface area contributed by atoms with Gasteiger partial charge in [-0.15, -0.1) is 0 Å². The van der Waals surface area contributed by atoms with E-state index >= 15 is 0 Å². The number of hydrogen-bond donors (Lipinski definition) is 2. The predicted molar refractivity (Wildman–Crippen MR) is 90.9 cm³/mol. The highest BCUT2D eigenvalue weighted by molar-refractivity contribution is 6.31. The first kappa shape index (κ1) is 17.0. The van der Waals surface area contributed by atoms with Crippen molar-refractivity contribution in [3.05, 3.63) is 58.9 Å². The topological polar surface area (TPSA) is 71.1 Å². The largest absolute Gasteiger partial charge is 0.350 e. The average Bonchev–Trinajstić information content (AvgIpc) is 2.55. The van der Waals surface area contributed by atoms with E-state index in [1.54, 1.807) is 30.3 Å². The van der Waals surface area contributed by atoms with Gasteiger partial charge >= 0.3 is 0 Å². The molecule has 0 aliphatic carbocycles. The third kappa shape index (κ3) is 4.53. The number of nitrogens with zero attached hydrogens (tertiary/aromatic N) is 1. The normalized spacial score (nSPS) is 11.6. The Labute approximate surface area is 140 Å². The zero-order valence-electron chi connectivity index (χ0n) is 13.0. The molecule has 23 heavy (non-hydrogen) atoms. The van der Waals surface area contributed by atoms with Gasteiger partial charge in [0.05, 0.1) is 11.3 Å². The number of benzene rings is 1. The van der Waals surface area contributed by atoms with Crippen LogP contribution in [0.4, 0.5) is 5.69 Å². The van der Waals surface area contributed by atoms with Crippen molar-refractivity contribution in [1.29, 1.82) is 0 Å². The maximum atomic E-state index is 12.3. The highest BCUT2D eigenvalue weighted by Crippen LogP contribution is 2.17. The molecule has 1 aromatic carbocycles. The number of pyridine rings is 1. The first-order chi connectivity index (χ1) is 11.0. The maximum absolute atomic E-state index is 12.3. The number of anilines is 1. The van der Waals surface area contributed by atoms with Crippen LogP contribution in [0.1, 0.15) is 41.1 Å². The van der Waals surface area contributed by atoms with Crippen LogP contribution in [-0.2, 0) is 0 Å². The lowest BCUT2D eigenvalue weighted by Crippen LogP contribution is -2.32. The van der Waals surface area contributed by atoms with Gasteiger partial charge < -0.3 is 10.6 Å². The van der Waals surface area contributed by atoms with Gasteiger partial charge in [0.2, 0.25) is 0 Å². The van der Waals surface area contributed by atoms with E-state index in [1.807, 2.05) is 13.8 Å². The first-order valence-electron chi connectivity index (χ1n) is 7.34. The number of carbonyl (C=O) groups is 2. The van der Waals surface area contributed by atoms with Gasteiger partial charge in [-0.3, -0.25) is 14.6 Å². The van der Waals surface area contributed by atoms with Crippen molar-refractivity contribution >= 4 is 29.1 Å². The van der Waals surface area contributed by atoms with Crippen molar-refractivity contribution < 1.29 is 9.59 Å². The van der Waals surface area contributed by atoms with E-state index in [0.29, 0.717) is 16.3 Å². The molecule has 1 heterocycles. The molecule has 0 spiro atoms. The summed E-state index contributed by atoms with van der Waals surface area (Å²) in [4.78, 5) is 28.5. The quantitative estimate of drug-likeness (QED) is 0.880. The van der Waals surface area contributed by atoms with E-state index < -0.39 is 5.91 Å². The summed E-state index contributed by atoms with van der Waals surface area (Å²) in [5, 5.41) is 6.01. The second-order valence-electron chi connectivity index (χ2n) is 5.14. The van der Waals surface area contributed by atoms with Gasteiger partial charge in [-0.25, -0.2) is 0 Å². The lowest BCUT2D eigenvalue weighted by Gasteiger charge is -2.14. The lowest BCUT2D eigenvalue weighted by atomic mass is 10.1. The molecule has 1 aromatic heterocycles. The summed E-state index contributed by atoms with van der Waals surface area (Å²) in [5.74, 6) is -0.648. The molecule has 0 bridgehead atoms. The fourth-order valence-electron chi connectivity index (χ4n) is 1.91. The number of hydrogen-bond acceptors (Lipinski definition) is 3. The van der Waals surface area contributed by atoms with Crippen molar-refractivity contribution in [2.45, 2.75) is 26.3 Å². The van der Waals surface area contributed by atoms with Gasteiger partial charge in [0, 0.05) is 17.3 Å². The molecule has 0 saturated heterocycles. The summed E-state index contributed by atoms with van der Waals surface area (Å²) in [6.07, 6.45) is 2.28. The van der Waals surface area contributed by atoms with Gasteiger partial charge in [-0.2, -0.15) is 0 Å². The summed E-state index contributed by atoms with van der Waals surface area (Å²) in [6.45, 7) is 3.92. The Balaban J connectivity index is 2.20. The molecule has 0 saturated carbocycles. The summed E-state index contributed by atoms with van der Waals surface area (Å²) in [6, 6.07) is 9.96. The Morgan fingerprint density at radius 2 is 1.96 bits per heavy atom. The first-order valence-corrected chi connectivity index (χ1v) is 7.72. The minimum atomic E-state index is -0.420. The van der Waals surface area contributed by atoms with Crippen LogP contribution < -0.4 is 10.6 Å². The molecule has 2 amide bonds. The average molecular weight is 332 g/mol. The molecule has 1 atom stereocenters. The van der Waals surface area contributed by atoms with Crippen LogP contribution in [0.2, 0.25) is 5.02 Å². The summed E-state index contributed by atoms with van der Waals surface area (Å²) in [7, 11) is 0. The Hall–Kier alpha value is -2.40. The van der Waals surface area contributed by atoms with Crippen LogP contribution >= 0.6 is 11.6 Å². The van der Waals surface area contributed by atoms with Crippen LogP contribution in [0.15, 0.2) is 42.6 Å². The standard InChI is InChI=1S/C17H18ClN3O2/c1-3-11(2)20-16(22)13-6-4-5-7-14(13)21-17(23)15-10-12(18)8-9-19-15/h4-11H,3H2,1-2H3,(H,20,22)(H,21,23). The van der Waals surface area contributed by atoms with E-state index in [-0.39, 0.29) is 17.6 Å². The van der Waals surface area contributed by atoms with Gasteiger partial charge in [0.1, 0.15) is 5.69 Å². The number of carbonyl (C=O) groups excluding carboxylic acids is 2. The number of aromatic nitrogens is 1. The van der Waals surface area contributed by atoms with Crippen LogP contribution in [0.3, 0.4) is 0 Å². The molecule has 2 rings (SSSR count). The predicted octanol–water partition coefficient (Wildman–Crippen LogP) is 3.52. The van der Waals surface area contributed by atoms with E-state index in [9.17, 15) is 9.59 Å². The molecule has 0 aliphatic heterocycles. The molecule has 6 heteroatoms.